The Hall–Kier alpha value is -3.84. The van der Waals surface area contributed by atoms with Gasteiger partial charge in [-0.2, -0.15) is 0 Å². The van der Waals surface area contributed by atoms with E-state index in [4.69, 9.17) is 28.4 Å². The van der Waals surface area contributed by atoms with Crippen LogP contribution in [0.5, 0.6) is 0 Å². The van der Waals surface area contributed by atoms with Crippen LogP contribution < -0.4 is 0 Å². The van der Waals surface area contributed by atoms with Gasteiger partial charge in [-0.15, -0.1) is 0 Å². The standard InChI is InChI=1S/C57H90O15/c1-3-5-7-9-11-13-15-17-19-21-22-24-26-28-30-32-34-36-38-40-49(60)70-45(42-67-48(59)39-37-35-33-31-29-27-25-23-20-18-16-14-12-10-8-6-4-2)43-68-56-55(66)53(64)51(62)47(72-56)44-69-57-54(65)52(63)50(61)46(41-58)71-57/h8,10-11,13-14,16-17,19-20,22-24,27-30,34,36,45-47,50-58,61-66H,3-7,9,12,15,18,21,25-26,31-33,35,37-44H2,1-2H3/b10-8+,13-11+,16-14+,19-17+,23-20+,24-22+,29-27+,30-28+,36-34+/t45-,46+,47+,50-,51-,52?,53?,54?,55?,56+,57+/m1/s1. The maximum Gasteiger partial charge on any atom is 0.306 e. The van der Waals surface area contributed by atoms with Crippen molar-refractivity contribution in [2.24, 2.45) is 0 Å². The molecule has 0 aromatic rings. The van der Waals surface area contributed by atoms with Crippen LogP contribution in [0.2, 0.25) is 0 Å². The summed E-state index contributed by atoms with van der Waals surface area (Å²) in [7, 11) is 0. The molecular weight excluding hydrogens is 925 g/mol. The molecule has 2 heterocycles. The van der Waals surface area contributed by atoms with Crippen LogP contribution in [0.3, 0.4) is 0 Å². The number of hydrogen-bond acceptors (Lipinski definition) is 15. The number of hydrogen-bond donors (Lipinski definition) is 7. The highest BCUT2D eigenvalue weighted by Gasteiger charge is 2.47. The summed E-state index contributed by atoms with van der Waals surface area (Å²) in [4.78, 5) is 25.8. The Morgan fingerprint density at radius 1 is 0.444 bits per heavy atom. The van der Waals surface area contributed by atoms with Crippen LogP contribution in [0.1, 0.15) is 142 Å². The first kappa shape index (κ1) is 64.3. The van der Waals surface area contributed by atoms with Gasteiger partial charge in [-0.1, -0.05) is 149 Å². The molecule has 2 saturated heterocycles. The number of unbranched alkanes of at least 4 members (excludes halogenated alkanes) is 7. The van der Waals surface area contributed by atoms with Crippen molar-refractivity contribution in [2.45, 2.75) is 210 Å². The third-order valence-corrected chi connectivity index (χ3v) is 11.7. The molecule has 0 radical (unpaired) electrons. The minimum atomic E-state index is -1.79. The molecule has 0 bridgehead atoms. The molecule has 0 aromatic heterocycles. The van der Waals surface area contributed by atoms with Crippen molar-refractivity contribution in [2.75, 3.05) is 26.4 Å². The maximum absolute atomic E-state index is 13.0. The monoisotopic (exact) mass is 1010 g/mol. The molecule has 4 unspecified atom stereocenters. The zero-order valence-corrected chi connectivity index (χ0v) is 43.1. The third kappa shape index (κ3) is 29.8. The highest BCUT2D eigenvalue weighted by molar-refractivity contribution is 5.70. The number of carbonyl (C=O) groups is 2. The lowest BCUT2D eigenvalue weighted by Crippen LogP contribution is -2.61. The first-order valence-electron chi connectivity index (χ1n) is 26.5. The van der Waals surface area contributed by atoms with Crippen molar-refractivity contribution in [1.29, 1.82) is 0 Å². The Morgan fingerprint density at radius 3 is 1.39 bits per heavy atom. The predicted octanol–water partition coefficient (Wildman–Crippen LogP) is 7.93. The number of allylic oxidation sites excluding steroid dienone is 18. The van der Waals surface area contributed by atoms with Crippen molar-refractivity contribution >= 4 is 11.9 Å². The van der Waals surface area contributed by atoms with Crippen LogP contribution in [0.25, 0.3) is 0 Å². The van der Waals surface area contributed by atoms with E-state index < -0.39 is 99.3 Å². The molecule has 0 saturated carbocycles. The number of ether oxygens (including phenoxy) is 6. The predicted molar refractivity (Wildman–Crippen MR) is 279 cm³/mol. The van der Waals surface area contributed by atoms with E-state index in [9.17, 15) is 45.3 Å². The van der Waals surface area contributed by atoms with Gasteiger partial charge in [-0.25, -0.2) is 0 Å². The van der Waals surface area contributed by atoms with Crippen molar-refractivity contribution in [3.8, 4) is 0 Å². The Bertz CT molecular complexity index is 1660. The van der Waals surface area contributed by atoms with Crippen molar-refractivity contribution in [3.05, 3.63) is 109 Å². The average Bonchev–Trinajstić information content (AvgIpc) is 3.37. The molecule has 2 aliphatic heterocycles. The molecule has 0 aromatic carbocycles. The minimum Gasteiger partial charge on any atom is -0.462 e. The highest BCUT2D eigenvalue weighted by atomic mass is 16.7. The van der Waals surface area contributed by atoms with Crippen molar-refractivity contribution in [3.63, 3.8) is 0 Å². The lowest BCUT2D eigenvalue weighted by molar-refractivity contribution is -0.332. The average molecular weight is 1020 g/mol. The molecule has 2 aliphatic rings. The number of aliphatic hydroxyl groups is 7. The SMILES string of the molecule is CCC/C=C/C/C=C/C/C=C/C/C=C/CCCCCC(=O)OC[C@H](CO[C@H]1O[C@@H](CO[C@H]2O[C@@H](CO)[C@@H](O)C(O)C2O)[C@@H](O)C(O)C1O)OC(=O)CC/C=C/C/C=C/C/C=C/C/C=C/C/C=C/CCCCC. The quantitative estimate of drug-likeness (QED) is 0.0176. The minimum absolute atomic E-state index is 0.0275. The van der Waals surface area contributed by atoms with Crippen molar-refractivity contribution in [1.82, 2.24) is 0 Å². The Morgan fingerprint density at radius 2 is 0.889 bits per heavy atom. The Kier molecular flexibility index (Phi) is 37.9. The van der Waals surface area contributed by atoms with E-state index in [1.807, 2.05) is 12.2 Å². The second kappa shape index (κ2) is 42.5. The molecule has 0 amide bonds. The zero-order chi connectivity index (χ0) is 52.4. The first-order valence-corrected chi connectivity index (χ1v) is 26.5. The smallest absolute Gasteiger partial charge is 0.306 e. The Balaban J connectivity index is 1.86. The van der Waals surface area contributed by atoms with E-state index in [0.717, 1.165) is 70.6 Å². The van der Waals surface area contributed by atoms with Crippen LogP contribution in [0.15, 0.2) is 109 Å². The van der Waals surface area contributed by atoms with Gasteiger partial charge in [0, 0.05) is 12.8 Å². The molecule has 15 heteroatoms. The fourth-order valence-electron chi connectivity index (χ4n) is 7.36. The van der Waals surface area contributed by atoms with Crippen LogP contribution in [0.4, 0.5) is 0 Å². The summed E-state index contributed by atoms with van der Waals surface area (Å²) in [5.41, 5.74) is 0. The topological polar surface area (TPSA) is 231 Å². The lowest BCUT2D eigenvalue weighted by atomic mass is 9.98. The Labute approximate surface area is 430 Å². The van der Waals surface area contributed by atoms with Gasteiger partial charge in [-0.05, 0) is 89.9 Å². The molecule has 15 nitrogen and oxygen atoms in total. The van der Waals surface area contributed by atoms with Crippen LogP contribution in [-0.4, -0.2) is 142 Å². The van der Waals surface area contributed by atoms with Gasteiger partial charge < -0.3 is 64.2 Å². The van der Waals surface area contributed by atoms with Crippen molar-refractivity contribution < 1.29 is 73.8 Å². The van der Waals surface area contributed by atoms with E-state index in [-0.39, 0.29) is 19.4 Å². The number of rotatable bonds is 39. The molecule has 0 aliphatic carbocycles. The maximum atomic E-state index is 13.0. The number of aliphatic hydroxyl groups excluding tert-OH is 7. The molecule has 2 rings (SSSR count). The highest BCUT2D eigenvalue weighted by Crippen LogP contribution is 2.26. The molecule has 72 heavy (non-hydrogen) atoms. The van der Waals surface area contributed by atoms with E-state index in [1.54, 1.807) is 0 Å². The second-order valence-electron chi connectivity index (χ2n) is 18.0. The van der Waals surface area contributed by atoms with E-state index >= 15 is 0 Å². The lowest BCUT2D eigenvalue weighted by Gasteiger charge is -2.42. The van der Waals surface area contributed by atoms with Gasteiger partial charge >= 0.3 is 11.9 Å². The first-order chi connectivity index (χ1) is 35.0. The summed E-state index contributed by atoms with van der Waals surface area (Å²) >= 11 is 0. The second-order valence-corrected chi connectivity index (χ2v) is 18.0. The normalized spacial score (nSPS) is 25.9. The fourth-order valence-corrected chi connectivity index (χ4v) is 7.36. The summed E-state index contributed by atoms with van der Waals surface area (Å²) in [6, 6.07) is 0. The summed E-state index contributed by atoms with van der Waals surface area (Å²) in [5, 5.41) is 72.1. The molecule has 11 atom stereocenters. The summed E-state index contributed by atoms with van der Waals surface area (Å²) in [6.07, 6.45) is 38.4. The van der Waals surface area contributed by atoms with E-state index in [0.29, 0.717) is 19.3 Å². The third-order valence-electron chi connectivity index (χ3n) is 11.7. The van der Waals surface area contributed by atoms with Gasteiger partial charge in [0.15, 0.2) is 18.7 Å². The van der Waals surface area contributed by atoms with Gasteiger partial charge in [0.2, 0.25) is 0 Å². The van der Waals surface area contributed by atoms with Crippen LogP contribution in [0, 0.1) is 0 Å². The molecule has 408 valence electrons. The van der Waals surface area contributed by atoms with E-state index in [1.165, 1.54) is 25.7 Å². The zero-order valence-electron chi connectivity index (χ0n) is 43.1. The molecular formula is C57H90O15. The van der Waals surface area contributed by atoms with Crippen LogP contribution >= 0.6 is 0 Å². The van der Waals surface area contributed by atoms with Gasteiger partial charge in [-0.3, -0.25) is 9.59 Å². The summed E-state index contributed by atoms with van der Waals surface area (Å²) < 4.78 is 33.5. The molecule has 2 fully saturated rings. The summed E-state index contributed by atoms with van der Waals surface area (Å²) in [6.45, 7) is 2.36. The summed E-state index contributed by atoms with van der Waals surface area (Å²) in [5.74, 6) is -1.07. The number of carbonyl (C=O) groups excluding carboxylic acids is 2. The largest absolute Gasteiger partial charge is 0.462 e. The fraction of sp³-hybridized carbons (Fsp3) is 0.649. The molecule has 0 spiro atoms. The van der Waals surface area contributed by atoms with Gasteiger partial charge in [0.1, 0.15) is 55.4 Å². The number of esters is 2. The van der Waals surface area contributed by atoms with E-state index in [2.05, 4.69) is 111 Å². The van der Waals surface area contributed by atoms with Gasteiger partial charge in [0.05, 0.1) is 19.8 Å². The van der Waals surface area contributed by atoms with Crippen LogP contribution in [-0.2, 0) is 38.0 Å². The van der Waals surface area contributed by atoms with Gasteiger partial charge in [0.25, 0.3) is 0 Å². The molecule has 7 N–H and O–H groups in total.